The molecule has 1 saturated heterocycles. The SMILES string of the molecule is CN(C)C(=O)N1CCN(c2[c]cccc2)CC1. The molecular weight excluding hydrogens is 214 g/mol. The Morgan fingerprint density at radius 2 is 1.94 bits per heavy atom. The highest BCUT2D eigenvalue weighted by Crippen LogP contribution is 2.15. The fourth-order valence-corrected chi connectivity index (χ4v) is 2.00. The molecule has 1 aliphatic rings. The van der Waals surface area contributed by atoms with Crippen LogP contribution >= 0.6 is 0 Å². The quantitative estimate of drug-likeness (QED) is 0.729. The maximum absolute atomic E-state index is 11.8. The van der Waals surface area contributed by atoms with Crippen molar-refractivity contribution in [1.29, 1.82) is 0 Å². The van der Waals surface area contributed by atoms with Gasteiger partial charge in [-0.2, -0.15) is 0 Å². The van der Waals surface area contributed by atoms with Crippen LogP contribution in [0.3, 0.4) is 0 Å². The van der Waals surface area contributed by atoms with E-state index in [0.717, 1.165) is 31.9 Å². The molecule has 17 heavy (non-hydrogen) atoms. The first-order chi connectivity index (χ1) is 8.18. The molecule has 0 bridgehead atoms. The van der Waals surface area contributed by atoms with Crippen molar-refractivity contribution >= 4 is 11.7 Å². The van der Waals surface area contributed by atoms with Gasteiger partial charge in [-0.05, 0) is 6.07 Å². The van der Waals surface area contributed by atoms with E-state index in [-0.39, 0.29) is 6.03 Å². The average Bonchev–Trinajstić information content (AvgIpc) is 2.39. The van der Waals surface area contributed by atoms with Crippen molar-refractivity contribution in [3.8, 4) is 0 Å². The minimum Gasteiger partial charge on any atom is -0.367 e. The summed E-state index contributed by atoms with van der Waals surface area (Å²) in [5.41, 5.74) is 1.12. The zero-order valence-corrected chi connectivity index (χ0v) is 10.4. The molecule has 4 nitrogen and oxygen atoms in total. The van der Waals surface area contributed by atoms with E-state index >= 15 is 0 Å². The standard InChI is InChI=1S/C13H18N3O/c1-14(2)13(17)16-10-8-15(9-11-16)12-6-4-3-5-7-12/h3-6H,8-11H2,1-2H3. The summed E-state index contributed by atoms with van der Waals surface area (Å²) in [7, 11) is 3.58. The Balaban J connectivity index is 1.93. The molecule has 1 aromatic carbocycles. The fraction of sp³-hybridized carbons (Fsp3) is 0.462. The minimum absolute atomic E-state index is 0.0988. The lowest BCUT2D eigenvalue weighted by molar-refractivity contribution is 0.168. The van der Waals surface area contributed by atoms with Gasteiger partial charge in [0, 0.05) is 52.0 Å². The first-order valence-electron chi connectivity index (χ1n) is 5.86. The van der Waals surface area contributed by atoms with Crippen LogP contribution in [0.1, 0.15) is 0 Å². The number of carbonyl (C=O) groups is 1. The van der Waals surface area contributed by atoms with Crippen LogP contribution in [0.5, 0.6) is 0 Å². The number of nitrogens with zero attached hydrogens (tertiary/aromatic N) is 3. The van der Waals surface area contributed by atoms with Crippen LogP contribution < -0.4 is 4.90 Å². The minimum atomic E-state index is 0.0988. The number of para-hydroxylation sites is 1. The summed E-state index contributed by atoms with van der Waals surface area (Å²) >= 11 is 0. The molecule has 1 aliphatic heterocycles. The summed E-state index contributed by atoms with van der Waals surface area (Å²) < 4.78 is 0. The number of piperazine rings is 1. The van der Waals surface area contributed by atoms with E-state index in [2.05, 4.69) is 17.0 Å². The predicted molar refractivity (Wildman–Crippen MR) is 68.1 cm³/mol. The first kappa shape index (κ1) is 11.8. The lowest BCUT2D eigenvalue weighted by Crippen LogP contribution is -2.51. The van der Waals surface area contributed by atoms with E-state index < -0.39 is 0 Å². The van der Waals surface area contributed by atoms with E-state index in [1.165, 1.54) is 0 Å². The Kier molecular flexibility index (Phi) is 3.52. The zero-order valence-electron chi connectivity index (χ0n) is 10.4. The van der Waals surface area contributed by atoms with Gasteiger partial charge in [-0.3, -0.25) is 0 Å². The van der Waals surface area contributed by atoms with Crippen LogP contribution in [0.2, 0.25) is 0 Å². The van der Waals surface area contributed by atoms with Gasteiger partial charge in [0.15, 0.2) is 0 Å². The van der Waals surface area contributed by atoms with Crippen LogP contribution in [0, 0.1) is 6.07 Å². The number of rotatable bonds is 1. The topological polar surface area (TPSA) is 26.8 Å². The summed E-state index contributed by atoms with van der Waals surface area (Å²) in [5, 5.41) is 0. The molecule has 0 aliphatic carbocycles. The summed E-state index contributed by atoms with van der Waals surface area (Å²) in [6.07, 6.45) is 0. The first-order valence-corrected chi connectivity index (χ1v) is 5.86. The number of benzene rings is 1. The summed E-state index contributed by atoms with van der Waals surface area (Å²) in [6, 6.07) is 11.3. The van der Waals surface area contributed by atoms with Gasteiger partial charge in [-0.25, -0.2) is 4.79 Å². The monoisotopic (exact) mass is 232 g/mol. The third kappa shape index (κ3) is 2.70. The molecule has 1 radical (unpaired) electrons. The molecule has 1 heterocycles. The molecule has 0 unspecified atom stereocenters. The van der Waals surface area contributed by atoms with Crippen LogP contribution in [0.15, 0.2) is 24.3 Å². The van der Waals surface area contributed by atoms with E-state index in [0.29, 0.717) is 0 Å². The fourth-order valence-electron chi connectivity index (χ4n) is 2.00. The average molecular weight is 232 g/mol. The second-order valence-corrected chi connectivity index (χ2v) is 4.40. The van der Waals surface area contributed by atoms with E-state index in [1.54, 1.807) is 19.0 Å². The van der Waals surface area contributed by atoms with E-state index in [1.807, 2.05) is 23.1 Å². The number of hydrogen-bond acceptors (Lipinski definition) is 2. The van der Waals surface area contributed by atoms with Crippen molar-refractivity contribution in [3.63, 3.8) is 0 Å². The number of hydrogen-bond donors (Lipinski definition) is 0. The van der Waals surface area contributed by atoms with Gasteiger partial charge in [0.1, 0.15) is 0 Å². The number of carbonyl (C=O) groups excluding carboxylic acids is 1. The third-order valence-corrected chi connectivity index (χ3v) is 2.97. The largest absolute Gasteiger partial charge is 0.367 e. The molecule has 91 valence electrons. The van der Waals surface area contributed by atoms with Gasteiger partial charge in [0.25, 0.3) is 0 Å². The normalized spacial score (nSPS) is 15.9. The second-order valence-electron chi connectivity index (χ2n) is 4.40. The molecule has 2 rings (SSSR count). The molecule has 0 atom stereocenters. The summed E-state index contributed by atoms with van der Waals surface area (Å²) in [6.45, 7) is 3.31. The molecule has 1 aromatic rings. The van der Waals surface area contributed by atoms with Crippen LogP contribution in [0.4, 0.5) is 10.5 Å². The smallest absolute Gasteiger partial charge is 0.319 e. The highest BCUT2D eigenvalue weighted by atomic mass is 16.2. The number of amides is 2. The molecule has 0 saturated carbocycles. The zero-order chi connectivity index (χ0) is 12.3. The Morgan fingerprint density at radius 3 is 2.47 bits per heavy atom. The number of anilines is 1. The van der Waals surface area contributed by atoms with Crippen molar-refractivity contribution < 1.29 is 4.79 Å². The lowest BCUT2D eigenvalue weighted by atomic mass is 10.2. The van der Waals surface area contributed by atoms with Gasteiger partial charge in [0.2, 0.25) is 0 Å². The second kappa shape index (κ2) is 5.08. The number of urea groups is 1. The van der Waals surface area contributed by atoms with Gasteiger partial charge in [-0.15, -0.1) is 0 Å². The molecule has 0 spiro atoms. The molecule has 4 heteroatoms. The maximum atomic E-state index is 11.8. The van der Waals surface area contributed by atoms with Gasteiger partial charge in [0.05, 0.1) is 0 Å². The summed E-state index contributed by atoms with van der Waals surface area (Å²) in [5.74, 6) is 0. The highest BCUT2D eigenvalue weighted by molar-refractivity contribution is 5.74. The summed E-state index contributed by atoms with van der Waals surface area (Å²) in [4.78, 5) is 17.5. The van der Waals surface area contributed by atoms with E-state index in [9.17, 15) is 4.79 Å². The Bertz CT molecular complexity index is 370. The Morgan fingerprint density at radius 1 is 1.24 bits per heavy atom. The molecular formula is C13H18N3O. The van der Waals surface area contributed by atoms with Crippen LogP contribution in [-0.2, 0) is 0 Å². The third-order valence-electron chi connectivity index (χ3n) is 2.97. The predicted octanol–water partition coefficient (Wildman–Crippen LogP) is 1.29. The van der Waals surface area contributed by atoms with Gasteiger partial charge in [-0.1, -0.05) is 18.2 Å². The van der Waals surface area contributed by atoms with Crippen molar-refractivity contribution in [3.05, 3.63) is 30.3 Å². The molecule has 0 N–H and O–H groups in total. The van der Waals surface area contributed by atoms with E-state index in [4.69, 9.17) is 0 Å². The highest BCUT2D eigenvalue weighted by Gasteiger charge is 2.21. The maximum Gasteiger partial charge on any atom is 0.319 e. The van der Waals surface area contributed by atoms with Crippen molar-refractivity contribution in [2.75, 3.05) is 45.2 Å². The van der Waals surface area contributed by atoms with Crippen LogP contribution in [-0.4, -0.2) is 56.1 Å². The Hall–Kier alpha value is -1.71. The molecule has 0 aromatic heterocycles. The van der Waals surface area contributed by atoms with Crippen molar-refractivity contribution in [1.82, 2.24) is 9.80 Å². The lowest BCUT2D eigenvalue weighted by Gasteiger charge is -2.37. The molecule has 2 amide bonds. The molecule has 1 fully saturated rings. The van der Waals surface area contributed by atoms with Crippen molar-refractivity contribution in [2.24, 2.45) is 0 Å². The van der Waals surface area contributed by atoms with Gasteiger partial charge >= 0.3 is 6.03 Å². The Labute approximate surface area is 102 Å². The van der Waals surface area contributed by atoms with Gasteiger partial charge < -0.3 is 14.7 Å². The van der Waals surface area contributed by atoms with Crippen LogP contribution in [0.25, 0.3) is 0 Å². The van der Waals surface area contributed by atoms with Crippen molar-refractivity contribution in [2.45, 2.75) is 0 Å².